The third kappa shape index (κ3) is 1.17. The first kappa shape index (κ1) is 7.59. The molecule has 0 radical (unpaired) electrons. The number of rotatable bonds is 1. The lowest BCUT2D eigenvalue weighted by molar-refractivity contribution is 0.0964. The Bertz CT molecular complexity index is 278. The average molecular weight is 154 g/mol. The summed E-state index contributed by atoms with van der Waals surface area (Å²) in [5.74, 6) is 0.167. The zero-order valence-corrected chi connectivity index (χ0v) is 6.46. The minimum absolute atomic E-state index is 0.212. The van der Waals surface area contributed by atoms with E-state index in [2.05, 4.69) is 10.4 Å². The van der Waals surface area contributed by atoms with Crippen LogP contribution in [0.3, 0.4) is 0 Å². The van der Waals surface area contributed by atoms with Gasteiger partial charge in [0, 0.05) is 14.1 Å². The van der Waals surface area contributed by atoms with Gasteiger partial charge < -0.3 is 11.1 Å². The van der Waals surface area contributed by atoms with E-state index in [-0.39, 0.29) is 5.91 Å². The quantitative estimate of drug-likeness (QED) is 0.565. The van der Waals surface area contributed by atoms with Gasteiger partial charge in [-0.1, -0.05) is 0 Å². The highest BCUT2D eigenvalue weighted by Gasteiger charge is 2.10. The molecule has 1 amide bonds. The second-order valence-electron chi connectivity index (χ2n) is 2.15. The van der Waals surface area contributed by atoms with Crippen LogP contribution >= 0.6 is 0 Å². The molecule has 5 nitrogen and oxygen atoms in total. The third-order valence-electron chi connectivity index (χ3n) is 1.46. The summed E-state index contributed by atoms with van der Waals surface area (Å²) in [5, 5.41) is 6.28. The molecule has 60 valence electrons. The fourth-order valence-electron chi connectivity index (χ4n) is 0.757. The van der Waals surface area contributed by atoms with Gasteiger partial charge in [0.05, 0.1) is 6.20 Å². The van der Waals surface area contributed by atoms with Gasteiger partial charge in [0.2, 0.25) is 0 Å². The molecule has 0 aliphatic carbocycles. The number of hydrogen-bond acceptors (Lipinski definition) is 3. The molecule has 0 atom stereocenters. The molecule has 0 saturated carbocycles. The number of nitrogen functional groups attached to an aromatic ring is 1. The highest BCUT2D eigenvalue weighted by molar-refractivity contribution is 5.97. The van der Waals surface area contributed by atoms with Crippen molar-refractivity contribution in [3.63, 3.8) is 0 Å². The second kappa shape index (κ2) is 2.61. The Kier molecular flexibility index (Phi) is 1.80. The number of amides is 1. The number of anilines is 1. The Morgan fingerprint density at radius 3 is 2.82 bits per heavy atom. The summed E-state index contributed by atoms with van der Waals surface area (Å²) in [6.07, 6.45) is 1.44. The number of carbonyl (C=O) groups excluding carboxylic acids is 1. The number of nitrogens with one attached hydrogen (secondary N) is 1. The Labute approximate surface area is 64.2 Å². The van der Waals surface area contributed by atoms with Crippen LogP contribution < -0.4 is 11.1 Å². The van der Waals surface area contributed by atoms with E-state index in [4.69, 9.17) is 5.73 Å². The molecule has 0 aliphatic heterocycles. The lowest BCUT2D eigenvalue weighted by Gasteiger charge is -1.97. The zero-order valence-electron chi connectivity index (χ0n) is 6.46. The summed E-state index contributed by atoms with van der Waals surface area (Å²) in [6, 6.07) is 0. The molecular formula is C6H10N4O. The van der Waals surface area contributed by atoms with Gasteiger partial charge in [-0.3, -0.25) is 9.48 Å². The van der Waals surface area contributed by atoms with Crippen LogP contribution in [0.1, 0.15) is 10.4 Å². The molecule has 11 heavy (non-hydrogen) atoms. The number of nitrogens with two attached hydrogens (primary N) is 1. The highest BCUT2D eigenvalue weighted by atomic mass is 16.1. The third-order valence-corrected chi connectivity index (χ3v) is 1.46. The van der Waals surface area contributed by atoms with Crippen molar-refractivity contribution >= 4 is 11.7 Å². The van der Waals surface area contributed by atoms with Gasteiger partial charge in [0.15, 0.2) is 0 Å². The van der Waals surface area contributed by atoms with Crippen molar-refractivity contribution in [3.8, 4) is 0 Å². The van der Waals surface area contributed by atoms with E-state index in [0.29, 0.717) is 11.4 Å². The zero-order chi connectivity index (χ0) is 8.43. The molecule has 1 rings (SSSR count). The first-order valence-corrected chi connectivity index (χ1v) is 3.16. The fraction of sp³-hybridized carbons (Fsp3) is 0.333. The topological polar surface area (TPSA) is 72.9 Å². The van der Waals surface area contributed by atoms with Gasteiger partial charge in [-0.15, -0.1) is 0 Å². The van der Waals surface area contributed by atoms with Crippen molar-refractivity contribution in [3.05, 3.63) is 11.8 Å². The van der Waals surface area contributed by atoms with Crippen LogP contribution in [-0.2, 0) is 7.05 Å². The first-order chi connectivity index (χ1) is 5.16. The normalized spacial score (nSPS) is 9.64. The molecular weight excluding hydrogens is 144 g/mol. The van der Waals surface area contributed by atoms with Crippen LogP contribution in [0.25, 0.3) is 0 Å². The maximum atomic E-state index is 11.0. The molecule has 0 spiro atoms. The van der Waals surface area contributed by atoms with Crippen molar-refractivity contribution in [2.45, 2.75) is 0 Å². The largest absolute Gasteiger partial charge is 0.383 e. The van der Waals surface area contributed by atoms with E-state index in [1.54, 1.807) is 14.1 Å². The van der Waals surface area contributed by atoms with E-state index in [9.17, 15) is 4.79 Å². The minimum Gasteiger partial charge on any atom is -0.383 e. The van der Waals surface area contributed by atoms with Crippen molar-refractivity contribution in [2.24, 2.45) is 7.05 Å². The fourth-order valence-corrected chi connectivity index (χ4v) is 0.757. The van der Waals surface area contributed by atoms with E-state index >= 15 is 0 Å². The summed E-state index contributed by atoms with van der Waals surface area (Å²) in [7, 11) is 3.23. The SMILES string of the molecule is CNC(=O)c1cnn(C)c1N. The molecule has 5 heteroatoms. The van der Waals surface area contributed by atoms with E-state index in [0.717, 1.165) is 0 Å². The maximum absolute atomic E-state index is 11.0. The van der Waals surface area contributed by atoms with E-state index in [1.807, 2.05) is 0 Å². The maximum Gasteiger partial charge on any atom is 0.256 e. The summed E-state index contributed by atoms with van der Waals surface area (Å²) in [5.41, 5.74) is 5.93. The standard InChI is InChI=1S/C6H10N4O/c1-8-6(11)4-3-9-10(2)5(4)7/h3H,7H2,1-2H3,(H,8,11). The van der Waals surface area contributed by atoms with Crippen LogP contribution in [-0.4, -0.2) is 22.7 Å². The number of hydrogen-bond donors (Lipinski definition) is 2. The average Bonchev–Trinajstić information content (AvgIpc) is 2.32. The molecule has 1 heterocycles. The summed E-state index contributed by atoms with van der Waals surface area (Å²) < 4.78 is 1.45. The Hall–Kier alpha value is -1.52. The molecule has 0 unspecified atom stereocenters. The monoisotopic (exact) mass is 154 g/mol. The van der Waals surface area contributed by atoms with Crippen LogP contribution in [0.5, 0.6) is 0 Å². The number of carbonyl (C=O) groups is 1. The summed E-state index contributed by atoms with van der Waals surface area (Å²) in [4.78, 5) is 11.0. The van der Waals surface area contributed by atoms with Gasteiger partial charge in [-0.25, -0.2) is 0 Å². The van der Waals surface area contributed by atoms with Crippen LogP contribution in [0, 0.1) is 0 Å². The molecule has 1 aromatic rings. The molecule has 0 aromatic carbocycles. The van der Waals surface area contributed by atoms with Crippen LogP contribution in [0.2, 0.25) is 0 Å². The van der Waals surface area contributed by atoms with E-state index < -0.39 is 0 Å². The lowest BCUT2D eigenvalue weighted by atomic mass is 10.3. The minimum atomic E-state index is -0.212. The van der Waals surface area contributed by atoms with Crippen molar-refractivity contribution in [2.75, 3.05) is 12.8 Å². The predicted molar refractivity (Wildman–Crippen MR) is 41.0 cm³/mol. The lowest BCUT2D eigenvalue weighted by Crippen LogP contribution is -2.18. The number of aryl methyl sites for hydroxylation is 1. The predicted octanol–water partition coefficient (Wildman–Crippen LogP) is -0.638. The van der Waals surface area contributed by atoms with Crippen molar-refractivity contribution in [1.82, 2.24) is 15.1 Å². The Morgan fingerprint density at radius 2 is 2.45 bits per heavy atom. The van der Waals surface area contributed by atoms with E-state index in [1.165, 1.54) is 10.9 Å². The second-order valence-corrected chi connectivity index (χ2v) is 2.15. The number of aromatic nitrogens is 2. The van der Waals surface area contributed by atoms with Crippen LogP contribution in [0.4, 0.5) is 5.82 Å². The van der Waals surface area contributed by atoms with Gasteiger partial charge in [0.1, 0.15) is 11.4 Å². The molecule has 3 N–H and O–H groups in total. The van der Waals surface area contributed by atoms with Gasteiger partial charge in [-0.2, -0.15) is 5.10 Å². The molecule has 0 saturated heterocycles. The number of nitrogens with zero attached hydrogens (tertiary/aromatic N) is 2. The molecule has 0 bridgehead atoms. The summed E-state index contributed by atoms with van der Waals surface area (Å²) in [6.45, 7) is 0. The highest BCUT2D eigenvalue weighted by Crippen LogP contribution is 2.07. The van der Waals surface area contributed by atoms with Gasteiger partial charge in [0.25, 0.3) is 5.91 Å². The summed E-state index contributed by atoms with van der Waals surface area (Å²) >= 11 is 0. The Balaban J connectivity index is 3.04. The van der Waals surface area contributed by atoms with Gasteiger partial charge >= 0.3 is 0 Å². The first-order valence-electron chi connectivity index (χ1n) is 3.16. The molecule has 1 aromatic heterocycles. The van der Waals surface area contributed by atoms with Gasteiger partial charge in [-0.05, 0) is 0 Å². The van der Waals surface area contributed by atoms with Crippen LogP contribution in [0.15, 0.2) is 6.20 Å². The van der Waals surface area contributed by atoms with Crippen molar-refractivity contribution < 1.29 is 4.79 Å². The smallest absolute Gasteiger partial charge is 0.256 e. The van der Waals surface area contributed by atoms with Crippen molar-refractivity contribution in [1.29, 1.82) is 0 Å². The molecule has 0 aliphatic rings. The Morgan fingerprint density at radius 1 is 1.82 bits per heavy atom. The molecule has 0 fully saturated rings.